The molecule has 0 bridgehead atoms. The Morgan fingerprint density at radius 2 is 2.06 bits per heavy atom. The van der Waals surface area contributed by atoms with Crippen molar-refractivity contribution in [2.45, 2.75) is 45.1 Å². The number of carbonyl (C=O) groups is 1. The van der Waals surface area contributed by atoms with Crippen molar-refractivity contribution in [1.82, 2.24) is 20.2 Å². The highest BCUT2D eigenvalue weighted by Crippen LogP contribution is 2.32. The summed E-state index contributed by atoms with van der Waals surface area (Å²) in [6, 6.07) is 4.03. The van der Waals surface area contributed by atoms with Crippen LogP contribution in [0.4, 0.5) is 8.78 Å². The zero-order chi connectivity index (χ0) is 24.4. The highest BCUT2D eigenvalue weighted by Gasteiger charge is 2.37. The highest BCUT2D eigenvalue weighted by molar-refractivity contribution is 5.88. The molecule has 0 saturated carbocycles. The van der Waals surface area contributed by atoms with Crippen LogP contribution in [0.2, 0.25) is 0 Å². The molecule has 3 atom stereocenters. The molecule has 1 amide bonds. The third-order valence-corrected chi connectivity index (χ3v) is 8.29. The van der Waals surface area contributed by atoms with Crippen LogP contribution in [0.25, 0.3) is 0 Å². The average Bonchev–Trinajstić information content (AvgIpc) is 3.51. The van der Waals surface area contributed by atoms with Gasteiger partial charge in [0.15, 0.2) is 0 Å². The van der Waals surface area contributed by atoms with Gasteiger partial charge in [-0.2, -0.15) is 0 Å². The van der Waals surface area contributed by atoms with Crippen LogP contribution < -0.4 is 5.43 Å². The molecular formula is C27H37F2N5O. The van der Waals surface area contributed by atoms with Crippen LogP contribution in [0.5, 0.6) is 0 Å². The van der Waals surface area contributed by atoms with Gasteiger partial charge in [0.05, 0.1) is 12.6 Å². The first-order valence-electron chi connectivity index (χ1n) is 13.2. The van der Waals surface area contributed by atoms with Crippen LogP contribution in [0.1, 0.15) is 38.2 Å². The molecule has 1 aromatic rings. The van der Waals surface area contributed by atoms with E-state index in [1.165, 1.54) is 17.8 Å². The Bertz CT molecular complexity index is 974. The molecule has 0 radical (unpaired) electrons. The molecule has 4 heterocycles. The number of likely N-dealkylation sites (tertiary alicyclic amines) is 1. The van der Waals surface area contributed by atoms with E-state index in [0.717, 1.165) is 71.1 Å². The minimum atomic E-state index is -0.589. The number of nitrogens with zero attached hydrogens (tertiary/aromatic N) is 4. The van der Waals surface area contributed by atoms with Crippen LogP contribution in [-0.2, 0) is 11.2 Å². The molecular weight excluding hydrogens is 448 g/mol. The van der Waals surface area contributed by atoms with Gasteiger partial charge in [0.1, 0.15) is 11.6 Å². The predicted molar refractivity (Wildman–Crippen MR) is 133 cm³/mol. The molecule has 1 aromatic carbocycles. The molecule has 190 valence electrons. The minimum absolute atomic E-state index is 0.0606. The maximum Gasteiger partial charge on any atom is 0.222 e. The van der Waals surface area contributed by atoms with E-state index in [9.17, 15) is 13.6 Å². The number of fused-ring (bicyclic) bond motifs is 1. The van der Waals surface area contributed by atoms with E-state index in [1.807, 2.05) is 4.90 Å². The van der Waals surface area contributed by atoms with Crippen molar-refractivity contribution in [2.24, 2.45) is 22.7 Å². The summed E-state index contributed by atoms with van der Waals surface area (Å²) >= 11 is 0. The number of piperidine rings is 1. The summed E-state index contributed by atoms with van der Waals surface area (Å²) in [4.78, 5) is 22.1. The summed E-state index contributed by atoms with van der Waals surface area (Å²) in [5.41, 5.74) is 5.26. The molecule has 4 aliphatic heterocycles. The minimum Gasteiger partial charge on any atom is -0.372 e. The number of rotatable bonds is 7. The second-order valence-corrected chi connectivity index (χ2v) is 10.5. The Labute approximate surface area is 207 Å². The lowest BCUT2D eigenvalue weighted by molar-refractivity contribution is -0.132. The van der Waals surface area contributed by atoms with E-state index in [-0.39, 0.29) is 12.3 Å². The van der Waals surface area contributed by atoms with E-state index in [4.69, 9.17) is 4.99 Å². The number of hydrogen-bond acceptors (Lipinski definition) is 5. The van der Waals surface area contributed by atoms with E-state index in [0.29, 0.717) is 35.8 Å². The second-order valence-electron chi connectivity index (χ2n) is 10.5. The number of carbonyl (C=O) groups excluding carboxylic acids is 1. The van der Waals surface area contributed by atoms with Gasteiger partial charge in [-0.25, -0.2) is 13.8 Å². The van der Waals surface area contributed by atoms with Crippen LogP contribution >= 0.6 is 0 Å². The number of hydrazine groups is 1. The Balaban J connectivity index is 1.06. The van der Waals surface area contributed by atoms with Crippen LogP contribution in [0.15, 0.2) is 35.5 Å². The van der Waals surface area contributed by atoms with Gasteiger partial charge >= 0.3 is 0 Å². The SMILES string of the molecule is CCN1CC(C2=NCC3C(C=CN3CC3CCN(C(=O)CCc4ccc(F)cc4F)CC3)C2)CN1. The number of aliphatic imine (C=N–C) groups is 1. The third kappa shape index (κ3) is 5.59. The first kappa shape index (κ1) is 24.4. The van der Waals surface area contributed by atoms with Gasteiger partial charge in [0.2, 0.25) is 5.91 Å². The largest absolute Gasteiger partial charge is 0.372 e. The van der Waals surface area contributed by atoms with Gasteiger partial charge in [-0.3, -0.25) is 15.2 Å². The van der Waals surface area contributed by atoms with E-state index >= 15 is 0 Å². The van der Waals surface area contributed by atoms with Crippen molar-refractivity contribution < 1.29 is 13.6 Å². The van der Waals surface area contributed by atoms with Gasteiger partial charge in [-0.1, -0.05) is 19.1 Å². The standard InChI is InChI=1S/C27H37F2N5O/c1-2-34-18-22(15-31-34)25-13-21-9-12-33(26(21)16-30-25)17-19-7-10-32(11-8-19)27(35)6-4-20-3-5-23(28)14-24(20)29/h3,5,9,12,14,19,21-22,26,31H,2,4,6-8,10-11,13,15-18H2,1H3. The maximum atomic E-state index is 13.8. The Hall–Kier alpha value is -2.32. The fraction of sp³-hybridized carbons (Fsp3) is 0.630. The van der Waals surface area contributed by atoms with Gasteiger partial charge in [-0.05, 0) is 49.4 Å². The smallest absolute Gasteiger partial charge is 0.222 e. The lowest BCUT2D eigenvalue weighted by Crippen LogP contribution is -2.45. The average molecular weight is 486 g/mol. The monoisotopic (exact) mass is 485 g/mol. The predicted octanol–water partition coefficient (Wildman–Crippen LogP) is 3.25. The van der Waals surface area contributed by atoms with Crippen molar-refractivity contribution >= 4 is 11.6 Å². The molecule has 3 unspecified atom stereocenters. The lowest BCUT2D eigenvalue weighted by Gasteiger charge is -2.38. The molecule has 0 aromatic heterocycles. The molecule has 2 saturated heterocycles. The molecule has 5 rings (SSSR count). The van der Waals surface area contributed by atoms with Crippen molar-refractivity contribution in [1.29, 1.82) is 0 Å². The fourth-order valence-electron chi connectivity index (χ4n) is 6.04. The zero-order valence-corrected chi connectivity index (χ0v) is 20.6. The van der Waals surface area contributed by atoms with Gasteiger partial charge in [0, 0.05) is 69.3 Å². The maximum absolute atomic E-state index is 13.8. The van der Waals surface area contributed by atoms with Crippen molar-refractivity contribution in [3.05, 3.63) is 47.7 Å². The molecule has 4 aliphatic rings. The van der Waals surface area contributed by atoms with E-state index in [1.54, 1.807) is 0 Å². The highest BCUT2D eigenvalue weighted by atomic mass is 19.1. The molecule has 0 spiro atoms. The summed E-state index contributed by atoms with van der Waals surface area (Å²) < 4.78 is 26.9. The number of nitrogens with one attached hydrogen (secondary N) is 1. The fourth-order valence-corrected chi connectivity index (χ4v) is 6.04. The van der Waals surface area contributed by atoms with Crippen molar-refractivity contribution in [3.63, 3.8) is 0 Å². The van der Waals surface area contributed by atoms with Crippen LogP contribution in [0, 0.1) is 29.4 Å². The van der Waals surface area contributed by atoms with Crippen LogP contribution in [0.3, 0.4) is 0 Å². The number of benzene rings is 1. The topological polar surface area (TPSA) is 51.2 Å². The Morgan fingerprint density at radius 1 is 1.23 bits per heavy atom. The summed E-state index contributed by atoms with van der Waals surface area (Å²) in [6.07, 6.45) is 8.30. The molecule has 0 aliphatic carbocycles. The van der Waals surface area contributed by atoms with Crippen LogP contribution in [-0.4, -0.2) is 78.3 Å². The zero-order valence-electron chi connectivity index (χ0n) is 20.6. The van der Waals surface area contributed by atoms with E-state index in [2.05, 4.69) is 34.5 Å². The molecule has 35 heavy (non-hydrogen) atoms. The van der Waals surface area contributed by atoms with Gasteiger partial charge < -0.3 is 9.80 Å². The molecule has 8 heteroatoms. The Kier molecular flexibility index (Phi) is 7.48. The lowest BCUT2D eigenvalue weighted by atomic mass is 9.86. The first-order valence-corrected chi connectivity index (χ1v) is 13.2. The molecule has 6 nitrogen and oxygen atoms in total. The normalized spacial score (nSPS) is 27.4. The number of aryl methyl sites for hydroxylation is 1. The quantitative estimate of drug-likeness (QED) is 0.644. The summed E-state index contributed by atoms with van der Waals surface area (Å²) in [7, 11) is 0. The number of amides is 1. The summed E-state index contributed by atoms with van der Waals surface area (Å²) in [6.45, 7) is 8.70. The molecule has 1 N–H and O–H groups in total. The number of halogens is 2. The molecule has 2 fully saturated rings. The second kappa shape index (κ2) is 10.7. The number of hydrogen-bond donors (Lipinski definition) is 1. The third-order valence-electron chi connectivity index (χ3n) is 8.29. The van der Waals surface area contributed by atoms with Gasteiger partial charge in [0.25, 0.3) is 0 Å². The van der Waals surface area contributed by atoms with Gasteiger partial charge in [-0.15, -0.1) is 0 Å². The summed E-state index contributed by atoms with van der Waals surface area (Å²) in [5.74, 6) is 0.570. The van der Waals surface area contributed by atoms with Crippen molar-refractivity contribution in [3.8, 4) is 0 Å². The van der Waals surface area contributed by atoms with E-state index < -0.39 is 11.6 Å². The Morgan fingerprint density at radius 3 is 2.80 bits per heavy atom. The summed E-state index contributed by atoms with van der Waals surface area (Å²) in [5, 5.41) is 2.29. The first-order chi connectivity index (χ1) is 17.0. The van der Waals surface area contributed by atoms with Crippen molar-refractivity contribution in [2.75, 3.05) is 45.8 Å².